The van der Waals surface area contributed by atoms with Crippen molar-refractivity contribution in [2.45, 2.75) is 77.0 Å². The summed E-state index contributed by atoms with van der Waals surface area (Å²) >= 11 is 0. The molecule has 0 atom stereocenters. The van der Waals surface area contributed by atoms with Gasteiger partial charge < -0.3 is 4.98 Å². The van der Waals surface area contributed by atoms with Crippen LogP contribution in [0.25, 0.3) is 10.9 Å². The smallest absolute Gasteiger partial charge is 0.0456 e. The third kappa shape index (κ3) is 7.25. The van der Waals surface area contributed by atoms with Gasteiger partial charge in [-0.3, -0.25) is 0 Å². The van der Waals surface area contributed by atoms with E-state index in [-0.39, 0.29) is 0 Å². The van der Waals surface area contributed by atoms with E-state index in [1.807, 2.05) is 0 Å². The molecule has 0 fully saturated rings. The van der Waals surface area contributed by atoms with Crippen LogP contribution in [0.5, 0.6) is 0 Å². The highest BCUT2D eigenvalue weighted by molar-refractivity contribution is 5.80. The van der Waals surface area contributed by atoms with E-state index in [1.165, 1.54) is 99.2 Å². The summed E-state index contributed by atoms with van der Waals surface area (Å²) in [7, 11) is 0. The predicted octanol–water partition coefficient (Wildman–Crippen LogP) is 7.85. The molecule has 0 saturated heterocycles. The quantitative estimate of drug-likeness (QED) is 0.298. The number of nitrogens with one attached hydrogen (secondary N) is 1. The fourth-order valence-corrected chi connectivity index (χ4v) is 3.97. The summed E-state index contributed by atoms with van der Waals surface area (Å²) in [5.74, 6) is 0. The normalized spacial score (nSPS) is 11.3. The fourth-order valence-electron chi connectivity index (χ4n) is 3.97. The maximum atomic E-state index is 3.54. The Hall–Kier alpha value is -2.02. The number of hydrogen-bond acceptors (Lipinski definition) is 0. The Morgan fingerprint density at radius 2 is 1.07 bits per heavy atom. The minimum Gasteiger partial charge on any atom is -0.358 e. The van der Waals surface area contributed by atoms with Gasteiger partial charge in [-0.25, -0.2) is 0 Å². The molecule has 144 valence electrons. The molecular weight excluding hydrogens is 326 g/mol. The van der Waals surface area contributed by atoms with E-state index in [1.54, 1.807) is 0 Å². The topological polar surface area (TPSA) is 15.8 Å². The first-order chi connectivity index (χ1) is 13.4. The summed E-state index contributed by atoms with van der Waals surface area (Å²) in [6, 6.07) is 21.8. The molecule has 1 heteroatoms. The second-order valence-electron chi connectivity index (χ2n) is 7.90. The third-order valence-electron chi connectivity index (χ3n) is 5.59. The largest absolute Gasteiger partial charge is 0.358 e. The Morgan fingerprint density at radius 1 is 0.519 bits per heavy atom. The minimum atomic E-state index is 1.19. The second-order valence-corrected chi connectivity index (χ2v) is 7.90. The molecule has 0 aliphatic carbocycles. The van der Waals surface area contributed by atoms with Crippen LogP contribution >= 0.6 is 0 Å². The molecule has 0 unspecified atom stereocenters. The zero-order valence-corrected chi connectivity index (χ0v) is 16.8. The molecule has 0 aliphatic rings. The number of H-pyrrole nitrogens is 1. The number of unbranched alkanes of at least 4 members (excludes halogenated alkanes) is 9. The Kier molecular flexibility index (Phi) is 8.51. The fraction of sp³-hybridized carbons (Fsp3) is 0.462. The number of benzene rings is 2. The first-order valence-corrected chi connectivity index (χ1v) is 11.0. The lowest BCUT2D eigenvalue weighted by Gasteiger charge is -2.03. The van der Waals surface area contributed by atoms with Crippen LogP contribution in [-0.2, 0) is 12.8 Å². The van der Waals surface area contributed by atoms with Gasteiger partial charge >= 0.3 is 0 Å². The average molecular weight is 362 g/mol. The minimum absolute atomic E-state index is 1.19. The monoisotopic (exact) mass is 361 g/mol. The molecule has 0 radical (unpaired) electrons. The van der Waals surface area contributed by atoms with Gasteiger partial charge in [0.15, 0.2) is 0 Å². The van der Waals surface area contributed by atoms with Crippen LogP contribution in [0.4, 0.5) is 0 Å². The molecule has 1 aromatic heterocycles. The molecule has 0 bridgehead atoms. The Morgan fingerprint density at radius 3 is 1.74 bits per heavy atom. The first-order valence-electron chi connectivity index (χ1n) is 11.0. The van der Waals surface area contributed by atoms with Gasteiger partial charge in [0.1, 0.15) is 0 Å². The van der Waals surface area contributed by atoms with Gasteiger partial charge in [0.2, 0.25) is 0 Å². The maximum Gasteiger partial charge on any atom is 0.0456 e. The van der Waals surface area contributed by atoms with Crippen molar-refractivity contribution in [1.29, 1.82) is 0 Å². The summed E-state index contributed by atoms with van der Waals surface area (Å²) in [5.41, 5.74) is 4.16. The Labute approximate surface area is 165 Å². The van der Waals surface area contributed by atoms with E-state index >= 15 is 0 Å². The van der Waals surface area contributed by atoms with Crippen molar-refractivity contribution in [3.05, 3.63) is 71.9 Å². The molecule has 0 aliphatic heterocycles. The molecule has 3 aromatic rings. The number of aryl methyl sites for hydroxylation is 2. The Balaban J connectivity index is 1.12. The van der Waals surface area contributed by atoms with Gasteiger partial charge in [0, 0.05) is 11.2 Å². The van der Waals surface area contributed by atoms with Crippen molar-refractivity contribution in [1.82, 2.24) is 4.98 Å². The van der Waals surface area contributed by atoms with E-state index in [9.17, 15) is 0 Å². The van der Waals surface area contributed by atoms with Crippen LogP contribution in [0, 0.1) is 0 Å². The van der Waals surface area contributed by atoms with Crippen molar-refractivity contribution in [2.75, 3.05) is 0 Å². The van der Waals surface area contributed by atoms with Crippen LogP contribution in [0.3, 0.4) is 0 Å². The summed E-state index contributed by atoms with van der Waals surface area (Å²) in [6.07, 6.45) is 16.3. The number of para-hydroxylation sites is 1. The standard InChI is InChI=1S/C26H35N/c1(3-5-7-10-16-23-17-11-9-12-18-23)2-4-6-8-13-20-25-22-24-19-14-15-21-26(24)27-25/h9,11-12,14-15,17-19,21-22,27H,1-8,10,13,16,20H2. The number of aromatic amines is 1. The molecular formula is C26H35N. The SMILES string of the molecule is c1ccc(CCCCCCCCCCCCc2cc3ccccc3[nH]2)cc1. The summed E-state index contributed by atoms with van der Waals surface area (Å²) in [5, 5.41) is 1.34. The number of rotatable bonds is 13. The number of fused-ring (bicyclic) bond motifs is 1. The lowest BCUT2D eigenvalue weighted by Crippen LogP contribution is -1.87. The molecule has 1 N–H and O–H groups in total. The molecule has 2 aromatic carbocycles. The van der Waals surface area contributed by atoms with Crippen LogP contribution < -0.4 is 0 Å². The summed E-state index contributed by atoms with van der Waals surface area (Å²) in [4.78, 5) is 3.54. The van der Waals surface area contributed by atoms with Gasteiger partial charge in [-0.2, -0.15) is 0 Å². The van der Waals surface area contributed by atoms with Crippen molar-refractivity contribution in [3.63, 3.8) is 0 Å². The molecule has 27 heavy (non-hydrogen) atoms. The van der Waals surface area contributed by atoms with Crippen molar-refractivity contribution in [3.8, 4) is 0 Å². The van der Waals surface area contributed by atoms with Crippen LogP contribution in [0.1, 0.15) is 75.5 Å². The molecule has 3 rings (SSSR count). The third-order valence-corrected chi connectivity index (χ3v) is 5.59. The zero-order valence-electron chi connectivity index (χ0n) is 16.8. The van der Waals surface area contributed by atoms with Crippen molar-refractivity contribution < 1.29 is 0 Å². The van der Waals surface area contributed by atoms with Crippen LogP contribution in [-0.4, -0.2) is 4.98 Å². The van der Waals surface area contributed by atoms with E-state index in [2.05, 4.69) is 65.6 Å². The first kappa shape index (κ1) is 19.7. The molecule has 0 amide bonds. The summed E-state index contributed by atoms with van der Waals surface area (Å²) in [6.45, 7) is 0. The van der Waals surface area contributed by atoms with Crippen molar-refractivity contribution in [2.24, 2.45) is 0 Å². The van der Waals surface area contributed by atoms with Gasteiger partial charge in [-0.1, -0.05) is 99.9 Å². The van der Waals surface area contributed by atoms with Crippen LogP contribution in [0.2, 0.25) is 0 Å². The lowest BCUT2D eigenvalue weighted by atomic mass is 10.0. The van der Waals surface area contributed by atoms with E-state index < -0.39 is 0 Å². The highest BCUT2D eigenvalue weighted by Gasteiger charge is 2.00. The van der Waals surface area contributed by atoms with Gasteiger partial charge in [-0.05, 0) is 48.8 Å². The molecule has 0 spiro atoms. The Bertz CT molecular complexity index is 723. The highest BCUT2D eigenvalue weighted by atomic mass is 14.7. The lowest BCUT2D eigenvalue weighted by molar-refractivity contribution is 0.551. The van der Waals surface area contributed by atoms with E-state index in [0.717, 1.165) is 0 Å². The van der Waals surface area contributed by atoms with Gasteiger partial charge in [0.25, 0.3) is 0 Å². The number of aromatic nitrogens is 1. The molecule has 1 heterocycles. The maximum absolute atomic E-state index is 3.54. The molecule has 0 saturated carbocycles. The van der Waals surface area contributed by atoms with Crippen molar-refractivity contribution >= 4 is 10.9 Å². The van der Waals surface area contributed by atoms with E-state index in [4.69, 9.17) is 0 Å². The van der Waals surface area contributed by atoms with E-state index in [0.29, 0.717) is 0 Å². The molecule has 1 nitrogen and oxygen atoms in total. The summed E-state index contributed by atoms with van der Waals surface area (Å²) < 4.78 is 0. The van der Waals surface area contributed by atoms with Gasteiger partial charge in [0.05, 0.1) is 0 Å². The zero-order chi connectivity index (χ0) is 18.6. The average Bonchev–Trinajstić information content (AvgIpc) is 3.12. The number of hydrogen-bond donors (Lipinski definition) is 1. The predicted molar refractivity (Wildman–Crippen MR) is 118 cm³/mol. The van der Waals surface area contributed by atoms with Crippen LogP contribution in [0.15, 0.2) is 60.7 Å². The van der Waals surface area contributed by atoms with Gasteiger partial charge in [-0.15, -0.1) is 0 Å². The second kappa shape index (κ2) is 11.6. The highest BCUT2D eigenvalue weighted by Crippen LogP contribution is 2.17.